The molecule has 30 heavy (non-hydrogen) atoms. The van der Waals surface area contributed by atoms with Crippen molar-refractivity contribution in [1.82, 2.24) is 0 Å². The van der Waals surface area contributed by atoms with Gasteiger partial charge in [-0.1, -0.05) is 70.7 Å². The van der Waals surface area contributed by atoms with Gasteiger partial charge in [-0.25, -0.2) is 0 Å². The van der Waals surface area contributed by atoms with Crippen molar-refractivity contribution in [2.75, 3.05) is 0 Å². The number of rotatable bonds is 10. The van der Waals surface area contributed by atoms with Gasteiger partial charge in [0.1, 0.15) is 0 Å². The van der Waals surface area contributed by atoms with E-state index in [1.807, 2.05) is 0 Å². The van der Waals surface area contributed by atoms with Gasteiger partial charge in [0.2, 0.25) is 0 Å². The first-order chi connectivity index (χ1) is 14.6. The second kappa shape index (κ2) is 16.3. The third-order valence-electron chi connectivity index (χ3n) is 4.18. The minimum Gasteiger partial charge on any atom is -0.425 e. The molecule has 1 rings (SSSR count). The zero-order valence-electron chi connectivity index (χ0n) is 19.3. The standard InChI is InChI=1S/C20H40O5Si5/c1-6-11-16-28-22-26-21-27-23-29(17-12-7-2,18-13-8-3)25-30(24-28,19-14-9-4)20-15-10-5/h11-20,28H,6-10,26-27H2,1-5H3. The van der Waals surface area contributed by atoms with Gasteiger partial charge in [0.15, 0.2) is 0 Å². The highest BCUT2D eigenvalue weighted by atomic mass is 28.5. The van der Waals surface area contributed by atoms with E-state index in [4.69, 9.17) is 20.6 Å². The molecule has 0 amide bonds. The molecule has 0 N–H and O–H groups in total. The lowest BCUT2D eigenvalue weighted by Crippen LogP contribution is -2.56. The molecule has 1 fully saturated rings. The quantitative estimate of drug-likeness (QED) is 0.428. The Morgan fingerprint density at radius 3 is 1.67 bits per heavy atom. The van der Waals surface area contributed by atoms with Crippen LogP contribution in [0, 0.1) is 0 Å². The fourth-order valence-corrected chi connectivity index (χ4v) is 18.5. The SMILES string of the molecule is CCC=C[SiH]1O[SiH2]O[SiH2]O[Si](C=CCC)(C=CCC)O[Si](C=CCC)(C=CCC)O1. The first-order valence-electron chi connectivity index (χ1n) is 11.2. The Hall–Kier alpha value is -0.416. The van der Waals surface area contributed by atoms with Crippen LogP contribution in [0.2, 0.25) is 0 Å². The van der Waals surface area contributed by atoms with Crippen molar-refractivity contribution < 1.29 is 20.6 Å². The Morgan fingerprint density at radius 2 is 1.17 bits per heavy atom. The van der Waals surface area contributed by atoms with Gasteiger partial charge in [0.25, 0.3) is 20.0 Å². The second-order valence-corrected chi connectivity index (χ2v) is 18.6. The van der Waals surface area contributed by atoms with Gasteiger partial charge in [0.05, 0.1) is 0 Å². The molecule has 0 radical (unpaired) electrons. The minimum atomic E-state index is -2.86. The molecule has 0 aromatic rings. The van der Waals surface area contributed by atoms with Crippen molar-refractivity contribution in [3.05, 3.63) is 58.9 Å². The van der Waals surface area contributed by atoms with Crippen LogP contribution in [0.25, 0.3) is 0 Å². The average molecular weight is 501 g/mol. The van der Waals surface area contributed by atoms with Crippen LogP contribution in [0.5, 0.6) is 0 Å². The summed E-state index contributed by atoms with van der Waals surface area (Å²) in [5.74, 6) is 0. The Morgan fingerprint density at radius 1 is 0.667 bits per heavy atom. The highest BCUT2D eigenvalue weighted by molar-refractivity contribution is 6.94. The van der Waals surface area contributed by atoms with Crippen LogP contribution in [-0.2, 0) is 20.6 Å². The smallest absolute Gasteiger partial charge is 0.374 e. The molecule has 1 heterocycles. The molecule has 1 saturated heterocycles. The molecule has 1 unspecified atom stereocenters. The largest absolute Gasteiger partial charge is 0.425 e. The molecule has 170 valence electrons. The van der Waals surface area contributed by atoms with E-state index in [1.54, 1.807) is 0 Å². The molecule has 1 atom stereocenters. The first kappa shape index (κ1) is 27.6. The fourth-order valence-electron chi connectivity index (χ4n) is 2.69. The Kier molecular flexibility index (Phi) is 15.0. The fraction of sp³-hybridized carbons (Fsp3) is 0.500. The molecular formula is C20H40O5Si5. The maximum atomic E-state index is 7.00. The van der Waals surface area contributed by atoms with Gasteiger partial charge in [-0.2, -0.15) is 0 Å². The minimum absolute atomic E-state index is 0.928. The summed E-state index contributed by atoms with van der Waals surface area (Å²) >= 11 is 0. The van der Waals surface area contributed by atoms with Crippen molar-refractivity contribution in [3.63, 3.8) is 0 Å². The highest BCUT2D eigenvalue weighted by Crippen LogP contribution is 2.25. The third-order valence-corrected chi connectivity index (χ3v) is 18.0. The molecule has 0 aromatic heterocycles. The van der Waals surface area contributed by atoms with Crippen LogP contribution in [0.1, 0.15) is 66.7 Å². The topological polar surface area (TPSA) is 46.2 Å². The van der Waals surface area contributed by atoms with E-state index >= 15 is 0 Å². The second-order valence-electron chi connectivity index (χ2n) is 6.86. The lowest BCUT2D eigenvalue weighted by atomic mass is 10.5. The van der Waals surface area contributed by atoms with E-state index in [1.165, 1.54) is 0 Å². The van der Waals surface area contributed by atoms with E-state index in [-0.39, 0.29) is 0 Å². The lowest BCUT2D eigenvalue weighted by Gasteiger charge is -2.37. The summed E-state index contributed by atoms with van der Waals surface area (Å²) < 4.78 is 32.2. The van der Waals surface area contributed by atoms with E-state index in [2.05, 4.69) is 93.5 Å². The summed E-state index contributed by atoms with van der Waals surface area (Å²) in [6, 6.07) is 0. The van der Waals surface area contributed by atoms with Gasteiger partial charge in [-0.05, 0) is 54.9 Å². The molecule has 0 aromatic carbocycles. The Labute approximate surface area is 192 Å². The predicted octanol–water partition coefficient (Wildman–Crippen LogP) is 3.71. The van der Waals surface area contributed by atoms with Crippen LogP contribution in [0.15, 0.2) is 58.9 Å². The van der Waals surface area contributed by atoms with Gasteiger partial charge in [-0.3, -0.25) is 0 Å². The molecule has 0 aliphatic carbocycles. The van der Waals surface area contributed by atoms with Crippen LogP contribution >= 0.6 is 0 Å². The molecule has 0 spiro atoms. The summed E-state index contributed by atoms with van der Waals surface area (Å²) in [4.78, 5) is 0. The van der Waals surface area contributed by atoms with Gasteiger partial charge in [0, 0.05) is 0 Å². The molecule has 5 nitrogen and oxygen atoms in total. The maximum Gasteiger partial charge on any atom is 0.374 e. The van der Waals surface area contributed by atoms with Crippen LogP contribution in [0.4, 0.5) is 0 Å². The summed E-state index contributed by atoms with van der Waals surface area (Å²) in [7, 11) is -10.0. The summed E-state index contributed by atoms with van der Waals surface area (Å²) in [5.41, 5.74) is 10.8. The van der Waals surface area contributed by atoms with Crippen molar-refractivity contribution >= 4 is 46.4 Å². The summed E-state index contributed by atoms with van der Waals surface area (Å²) in [6.07, 6.45) is 15.4. The van der Waals surface area contributed by atoms with Crippen molar-refractivity contribution in [1.29, 1.82) is 0 Å². The lowest BCUT2D eigenvalue weighted by molar-refractivity contribution is 0.300. The maximum absolute atomic E-state index is 7.00. The van der Waals surface area contributed by atoms with E-state index < -0.39 is 46.4 Å². The number of allylic oxidation sites excluding steroid dienone is 5. The monoisotopic (exact) mass is 500 g/mol. The number of hydrogen-bond donors (Lipinski definition) is 0. The van der Waals surface area contributed by atoms with E-state index in [0.717, 1.165) is 32.1 Å². The van der Waals surface area contributed by atoms with Crippen molar-refractivity contribution in [2.45, 2.75) is 66.7 Å². The zero-order chi connectivity index (χ0) is 22.1. The van der Waals surface area contributed by atoms with Crippen LogP contribution in [-0.4, -0.2) is 46.4 Å². The van der Waals surface area contributed by atoms with Crippen LogP contribution in [0.3, 0.4) is 0 Å². The molecule has 10 heteroatoms. The molecule has 0 saturated carbocycles. The first-order valence-corrected chi connectivity index (χ1v) is 19.0. The molecule has 1 aliphatic rings. The van der Waals surface area contributed by atoms with Crippen molar-refractivity contribution in [3.8, 4) is 0 Å². The zero-order valence-corrected chi connectivity index (χ0v) is 25.3. The highest BCUT2D eigenvalue weighted by Gasteiger charge is 2.45. The van der Waals surface area contributed by atoms with Gasteiger partial charge >= 0.3 is 26.4 Å². The Balaban J connectivity index is 3.54. The Bertz CT molecular complexity index is 578. The molecule has 0 bridgehead atoms. The van der Waals surface area contributed by atoms with E-state index in [0.29, 0.717) is 0 Å². The normalized spacial score (nSPS) is 31.4. The third kappa shape index (κ3) is 10.3. The molecular weight excluding hydrogens is 461 g/mol. The van der Waals surface area contributed by atoms with Crippen molar-refractivity contribution in [2.24, 2.45) is 0 Å². The van der Waals surface area contributed by atoms with E-state index in [9.17, 15) is 0 Å². The predicted molar refractivity (Wildman–Crippen MR) is 138 cm³/mol. The average Bonchev–Trinajstić information content (AvgIpc) is 2.76. The van der Waals surface area contributed by atoms with Gasteiger partial charge < -0.3 is 20.6 Å². The number of hydrogen-bond acceptors (Lipinski definition) is 5. The van der Waals surface area contributed by atoms with Crippen LogP contribution < -0.4 is 0 Å². The summed E-state index contributed by atoms with van der Waals surface area (Å²) in [6.45, 7) is 10.6. The molecule has 1 aliphatic heterocycles. The van der Waals surface area contributed by atoms with Gasteiger partial charge in [-0.15, -0.1) is 0 Å². The summed E-state index contributed by atoms with van der Waals surface area (Å²) in [5, 5.41) is 0.